The number of anilines is 2. The van der Waals surface area contributed by atoms with Gasteiger partial charge in [0.2, 0.25) is 5.95 Å². The number of thioether (sulfide) groups is 1. The van der Waals surface area contributed by atoms with Crippen molar-refractivity contribution in [2.45, 2.75) is 11.3 Å². The first-order valence-corrected chi connectivity index (χ1v) is 10.9. The van der Waals surface area contributed by atoms with E-state index in [0.29, 0.717) is 11.5 Å². The van der Waals surface area contributed by atoms with Crippen LogP contribution in [-0.2, 0) is 0 Å². The molecular weight excluding hydrogens is 396 g/mol. The van der Waals surface area contributed by atoms with E-state index >= 15 is 0 Å². The van der Waals surface area contributed by atoms with Crippen LogP contribution in [0.2, 0.25) is 0 Å². The van der Waals surface area contributed by atoms with Crippen molar-refractivity contribution in [2.75, 3.05) is 43.1 Å². The molecule has 10 heteroatoms. The minimum Gasteiger partial charge on any atom is -0.395 e. The topological polar surface area (TPSA) is 112 Å². The lowest BCUT2D eigenvalue weighted by atomic mass is 10.2. The molecule has 2 heterocycles. The number of carbonyl (C=O) groups is 1. The van der Waals surface area contributed by atoms with Gasteiger partial charge in [-0.2, -0.15) is 0 Å². The Balaban J connectivity index is 1.47. The minimum atomic E-state index is -0.197. The summed E-state index contributed by atoms with van der Waals surface area (Å²) in [6, 6.07) is 5.40. The van der Waals surface area contributed by atoms with Gasteiger partial charge in [-0.1, -0.05) is 11.3 Å². The molecule has 0 saturated heterocycles. The predicted molar refractivity (Wildman–Crippen MR) is 114 cm³/mol. The van der Waals surface area contributed by atoms with E-state index in [1.54, 1.807) is 30.2 Å². The second-order valence-corrected chi connectivity index (χ2v) is 7.74. The van der Waals surface area contributed by atoms with Crippen LogP contribution in [0.3, 0.4) is 0 Å². The first kappa shape index (κ1) is 20.3. The highest BCUT2D eigenvalue weighted by molar-refractivity contribution is 7.98. The molecule has 0 fully saturated rings. The number of hydrogen-bond donors (Lipinski definition) is 4. The molecule has 0 spiro atoms. The van der Waals surface area contributed by atoms with Crippen LogP contribution in [0.15, 0.2) is 35.5 Å². The zero-order valence-electron chi connectivity index (χ0n) is 15.4. The first-order valence-electron chi connectivity index (χ1n) is 8.83. The second-order valence-electron chi connectivity index (χ2n) is 5.83. The van der Waals surface area contributed by atoms with Gasteiger partial charge in [0.1, 0.15) is 0 Å². The molecule has 0 unspecified atom stereocenters. The molecule has 3 rings (SSSR count). The highest BCUT2D eigenvalue weighted by atomic mass is 32.2. The SMILES string of the molecule is CSc1cnc(NCCCNc2nc3ccc(C(=O)NCCO)cc3s2)nc1. The maximum Gasteiger partial charge on any atom is 0.251 e. The number of aromatic nitrogens is 3. The molecule has 0 bridgehead atoms. The number of amides is 1. The summed E-state index contributed by atoms with van der Waals surface area (Å²) < 4.78 is 0.944. The molecule has 2 aromatic heterocycles. The van der Waals surface area contributed by atoms with Gasteiger partial charge < -0.3 is 21.1 Å². The van der Waals surface area contributed by atoms with Crippen molar-refractivity contribution < 1.29 is 9.90 Å². The number of benzene rings is 1. The zero-order chi connectivity index (χ0) is 19.8. The van der Waals surface area contributed by atoms with Crippen LogP contribution < -0.4 is 16.0 Å². The number of aliphatic hydroxyl groups excluding tert-OH is 1. The van der Waals surface area contributed by atoms with Gasteiger partial charge in [-0.05, 0) is 30.9 Å². The fourth-order valence-corrected chi connectivity index (χ4v) is 3.66. The van der Waals surface area contributed by atoms with Gasteiger partial charge in [-0.3, -0.25) is 4.79 Å². The lowest BCUT2D eigenvalue weighted by molar-refractivity contribution is 0.0945. The van der Waals surface area contributed by atoms with E-state index in [4.69, 9.17) is 5.11 Å². The van der Waals surface area contributed by atoms with Gasteiger partial charge in [0.25, 0.3) is 5.91 Å². The third kappa shape index (κ3) is 5.54. The fourth-order valence-electron chi connectivity index (χ4n) is 2.41. The van der Waals surface area contributed by atoms with Gasteiger partial charge >= 0.3 is 0 Å². The van der Waals surface area contributed by atoms with Crippen LogP contribution in [-0.4, -0.2) is 58.5 Å². The predicted octanol–water partition coefficient (Wildman–Crippen LogP) is 2.44. The van der Waals surface area contributed by atoms with E-state index in [2.05, 4.69) is 30.9 Å². The Morgan fingerprint density at radius 2 is 1.96 bits per heavy atom. The standard InChI is InChI=1S/C18H22N6O2S2/c1-27-13-10-22-17(23-11-13)20-5-2-6-21-18-24-14-4-3-12(9-15(14)28-18)16(26)19-7-8-25/h3-4,9-11,25H,2,5-8H2,1H3,(H,19,26)(H,21,24)(H,20,22,23). The average molecular weight is 419 g/mol. The molecule has 1 aromatic carbocycles. The lowest BCUT2D eigenvalue weighted by Crippen LogP contribution is -2.26. The van der Waals surface area contributed by atoms with Crippen molar-refractivity contribution in [3.8, 4) is 0 Å². The Bertz CT molecular complexity index is 916. The van der Waals surface area contributed by atoms with Gasteiger partial charge in [0, 0.05) is 42.5 Å². The van der Waals surface area contributed by atoms with Gasteiger partial charge in [0.05, 0.1) is 16.8 Å². The summed E-state index contributed by atoms with van der Waals surface area (Å²) >= 11 is 3.13. The van der Waals surface area contributed by atoms with Crippen molar-refractivity contribution >= 4 is 50.3 Å². The monoisotopic (exact) mass is 418 g/mol. The van der Waals surface area contributed by atoms with E-state index in [9.17, 15) is 4.79 Å². The maximum atomic E-state index is 12.0. The summed E-state index contributed by atoms with van der Waals surface area (Å²) in [4.78, 5) is 26.1. The molecule has 0 aliphatic heterocycles. The second kappa shape index (κ2) is 10.2. The van der Waals surface area contributed by atoms with E-state index in [0.717, 1.165) is 39.8 Å². The smallest absolute Gasteiger partial charge is 0.251 e. The van der Waals surface area contributed by atoms with E-state index in [1.807, 2.05) is 18.4 Å². The van der Waals surface area contributed by atoms with Crippen LogP contribution in [0.25, 0.3) is 10.2 Å². The lowest BCUT2D eigenvalue weighted by Gasteiger charge is -2.05. The van der Waals surface area contributed by atoms with Crippen molar-refractivity contribution in [2.24, 2.45) is 0 Å². The molecule has 0 radical (unpaired) electrons. The molecule has 8 nitrogen and oxygen atoms in total. The van der Waals surface area contributed by atoms with Crippen molar-refractivity contribution in [1.82, 2.24) is 20.3 Å². The number of fused-ring (bicyclic) bond motifs is 1. The van der Waals surface area contributed by atoms with Gasteiger partial charge in [0.15, 0.2) is 5.13 Å². The summed E-state index contributed by atoms with van der Waals surface area (Å²) in [5.41, 5.74) is 1.42. The fraction of sp³-hybridized carbons (Fsp3) is 0.333. The molecule has 148 valence electrons. The number of aliphatic hydroxyl groups is 1. The third-order valence-corrected chi connectivity index (χ3v) is 5.48. The zero-order valence-corrected chi connectivity index (χ0v) is 17.1. The molecule has 0 aliphatic rings. The number of nitrogens with one attached hydrogen (secondary N) is 3. The largest absolute Gasteiger partial charge is 0.395 e. The molecule has 3 aromatic rings. The average Bonchev–Trinajstić information content (AvgIpc) is 3.14. The van der Waals surface area contributed by atoms with Crippen molar-refractivity contribution in [3.63, 3.8) is 0 Å². The molecular formula is C18H22N6O2S2. The van der Waals surface area contributed by atoms with E-state index in [-0.39, 0.29) is 19.1 Å². The molecule has 28 heavy (non-hydrogen) atoms. The van der Waals surface area contributed by atoms with Crippen LogP contribution in [0.1, 0.15) is 16.8 Å². The number of rotatable bonds is 10. The highest BCUT2D eigenvalue weighted by Crippen LogP contribution is 2.26. The third-order valence-electron chi connectivity index (χ3n) is 3.82. The number of hydrogen-bond acceptors (Lipinski definition) is 9. The Morgan fingerprint density at radius 3 is 2.71 bits per heavy atom. The number of thiazole rings is 1. The highest BCUT2D eigenvalue weighted by Gasteiger charge is 2.09. The first-order chi connectivity index (χ1) is 13.7. The van der Waals surface area contributed by atoms with E-state index < -0.39 is 0 Å². The van der Waals surface area contributed by atoms with Crippen LogP contribution >= 0.6 is 23.1 Å². The summed E-state index contributed by atoms with van der Waals surface area (Å²) in [7, 11) is 0. The van der Waals surface area contributed by atoms with Crippen LogP contribution in [0.5, 0.6) is 0 Å². The Labute approximate surface area is 171 Å². The van der Waals surface area contributed by atoms with Crippen LogP contribution in [0, 0.1) is 0 Å². The Hall–Kier alpha value is -2.43. The summed E-state index contributed by atoms with van der Waals surface area (Å²) in [6.07, 6.45) is 6.49. The molecule has 4 N–H and O–H groups in total. The Kier molecular flexibility index (Phi) is 7.40. The number of carbonyl (C=O) groups excluding carboxylic acids is 1. The van der Waals surface area contributed by atoms with Crippen LogP contribution in [0.4, 0.5) is 11.1 Å². The van der Waals surface area contributed by atoms with Crippen molar-refractivity contribution in [3.05, 3.63) is 36.2 Å². The molecule has 1 amide bonds. The minimum absolute atomic E-state index is 0.0767. The maximum absolute atomic E-state index is 12.0. The van der Waals surface area contributed by atoms with Gasteiger partial charge in [-0.25, -0.2) is 15.0 Å². The normalized spacial score (nSPS) is 10.8. The molecule has 0 aliphatic carbocycles. The summed E-state index contributed by atoms with van der Waals surface area (Å²) in [5.74, 6) is 0.433. The summed E-state index contributed by atoms with van der Waals surface area (Å²) in [5, 5.41) is 18.8. The summed E-state index contributed by atoms with van der Waals surface area (Å²) in [6.45, 7) is 1.69. The molecule has 0 atom stereocenters. The molecule has 0 saturated carbocycles. The quantitative estimate of drug-likeness (QED) is 0.293. The number of nitrogens with zero attached hydrogens (tertiary/aromatic N) is 3. The van der Waals surface area contributed by atoms with Crippen molar-refractivity contribution in [1.29, 1.82) is 0 Å². The van der Waals surface area contributed by atoms with Gasteiger partial charge in [-0.15, -0.1) is 11.8 Å². The Morgan fingerprint density at radius 1 is 1.18 bits per heavy atom. The van der Waals surface area contributed by atoms with E-state index in [1.165, 1.54) is 11.3 Å².